The Morgan fingerprint density at radius 2 is 1.73 bits per heavy atom. The number of hydrogen-bond donors (Lipinski definition) is 3. The normalized spacial score (nSPS) is 12.3. The Hall–Kier alpha value is -4.07. The van der Waals surface area contributed by atoms with Gasteiger partial charge in [-0.05, 0) is 52.3 Å². The summed E-state index contributed by atoms with van der Waals surface area (Å²) >= 11 is 0. The van der Waals surface area contributed by atoms with Crippen molar-refractivity contribution in [3.63, 3.8) is 0 Å². The zero-order valence-corrected chi connectivity index (χ0v) is 22.0. The van der Waals surface area contributed by atoms with Gasteiger partial charge in [-0.15, -0.1) is 6.42 Å². The minimum absolute atomic E-state index is 0.0246. The summed E-state index contributed by atoms with van der Waals surface area (Å²) < 4.78 is 10.1. The van der Waals surface area contributed by atoms with Crippen molar-refractivity contribution in [3.8, 4) is 12.3 Å². The second-order valence-corrected chi connectivity index (χ2v) is 9.01. The fourth-order valence-corrected chi connectivity index (χ4v) is 3.37. The molecule has 0 radical (unpaired) electrons. The van der Waals surface area contributed by atoms with E-state index in [2.05, 4.69) is 16.6 Å². The monoisotopic (exact) mass is 516 g/mol. The van der Waals surface area contributed by atoms with E-state index in [0.29, 0.717) is 11.1 Å². The summed E-state index contributed by atoms with van der Waals surface area (Å²) in [5.41, 5.74) is 5.47. The Bertz CT molecular complexity index is 1010. The summed E-state index contributed by atoms with van der Waals surface area (Å²) in [5, 5.41) is 5.03. The predicted octanol–water partition coefficient (Wildman–Crippen LogP) is 1.40. The van der Waals surface area contributed by atoms with Crippen molar-refractivity contribution < 1.29 is 33.4 Å². The Labute approximate surface area is 217 Å². The number of carbonyl (C=O) groups excluding carboxylic acids is 5. The molecule has 0 aliphatic carbocycles. The number of rotatable bonds is 12. The number of benzene rings is 1. The molecule has 0 fully saturated rings. The highest BCUT2D eigenvalue weighted by atomic mass is 16.6. The van der Waals surface area contributed by atoms with E-state index in [1.165, 1.54) is 4.90 Å². The molecule has 0 aliphatic rings. The van der Waals surface area contributed by atoms with E-state index in [1.54, 1.807) is 58.9 Å². The number of hydrogen-bond acceptors (Lipinski definition) is 7. The summed E-state index contributed by atoms with van der Waals surface area (Å²) in [5.74, 6) is -0.138. The second kappa shape index (κ2) is 14.5. The van der Waals surface area contributed by atoms with Crippen molar-refractivity contribution in [2.45, 2.75) is 65.1 Å². The fraction of sp³-hybridized carbons (Fsp3) is 0.500. The summed E-state index contributed by atoms with van der Waals surface area (Å²) in [4.78, 5) is 63.8. The number of nitrogens with one attached hydrogen (secondary N) is 2. The molecular weight excluding hydrogens is 480 g/mol. The smallest absolute Gasteiger partial charge is 0.408 e. The number of terminal acetylenes is 1. The lowest BCUT2D eigenvalue weighted by Crippen LogP contribution is -2.54. The van der Waals surface area contributed by atoms with Crippen LogP contribution in [0.15, 0.2) is 24.3 Å². The number of nitrogens with zero attached hydrogens (tertiary/aromatic N) is 1. The maximum atomic E-state index is 13.6. The number of primary amides is 1. The van der Waals surface area contributed by atoms with Crippen LogP contribution in [0.3, 0.4) is 0 Å². The Balaban J connectivity index is 3.31. The third-order valence-corrected chi connectivity index (χ3v) is 4.90. The van der Waals surface area contributed by atoms with Gasteiger partial charge in [-0.25, -0.2) is 4.79 Å². The number of ether oxygens (including phenoxy) is 2. The van der Waals surface area contributed by atoms with Crippen LogP contribution in [0, 0.1) is 12.3 Å². The van der Waals surface area contributed by atoms with E-state index in [9.17, 15) is 24.0 Å². The Morgan fingerprint density at radius 3 is 2.22 bits per heavy atom. The average molecular weight is 517 g/mol. The fourth-order valence-electron chi connectivity index (χ4n) is 3.37. The lowest BCUT2D eigenvalue weighted by atomic mass is 10.0. The molecule has 0 saturated carbocycles. The van der Waals surface area contributed by atoms with Gasteiger partial charge >= 0.3 is 12.1 Å². The minimum Gasteiger partial charge on any atom is -0.466 e. The molecule has 4 amide bonds. The highest BCUT2D eigenvalue weighted by Crippen LogP contribution is 2.23. The molecular formula is C26H36N4O7. The van der Waals surface area contributed by atoms with Crippen LogP contribution >= 0.6 is 0 Å². The van der Waals surface area contributed by atoms with Crippen molar-refractivity contribution in [1.29, 1.82) is 0 Å². The van der Waals surface area contributed by atoms with Crippen LogP contribution in [0.4, 0.5) is 4.79 Å². The van der Waals surface area contributed by atoms with Crippen molar-refractivity contribution >= 4 is 29.8 Å². The molecule has 0 saturated heterocycles. The predicted molar refractivity (Wildman–Crippen MR) is 136 cm³/mol. The molecule has 0 aliphatic heterocycles. The summed E-state index contributed by atoms with van der Waals surface area (Å²) in [6.45, 7) is 8.47. The van der Waals surface area contributed by atoms with Gasteiger partial charge in [0.25, 0.3) is 0 Å². The highest BCUT2D eigenvalue weighted by Gasteiger charge is 2.36. The number of amides is 4. The first kappa shape index (κ1) is 31.0. The molecule has 4 N–H and O–H groups in total. The molecule has 1 aromatic rings. The summed E-state index contributed by atoms with van der Waals surface area (Å²) in [6, 6.07) is 3.89. The van der Waals surface area contributed by atoms with Gasteiger partial charge in [0.15, 0.2) is 0 Å². The second-order valence-electron chi connectivity index (χ2n) is 9.01. The van der Waals surface area contributed by atoms with Crippen molar-refractivity contribution in [3.05, 3.63) is 35.4 Å². The van der Waals surface area contributed by atoms with Gasteiger partial charge in [-0.1, -0.05) is 18.1 Å². The van der Waals surface area contributed by atoms with Gasteiger partial charge in [-0.2, -0.15) is 0 Å². The molecule has 0 bridgehead atoms. The maximum Gasteiger partial charge on any atom is 0.408 e. The van der Waals surface area contributed by atoms with Crippen molar-refractivity contribution in [2.24, 2.45) is 5.73 Å². The highest BCUT2D eigenvalue weighted by molar-refractivity contribution is 5.94. The third-order valence-electron chi connectivity index (χ3n) is 4.90. The molecule has 0 spiro atoms. The maximum absolute atomic E-state index is 13.6. The van der Waals surface area contributed by atoms with Gasteiger partial charge in [-0.3, -0.25) is 19.2 Å². The van der Waals surface area contributed by atoms with E-state index in [0.717, 1.165) is 0 Å². The quantitative estimate of drug-likeness (QED) is 0.280. The first-order valence-electron chi connectivity index (χ1n) is 11.9. The van der Waals surface area contributed by atoms with Crippen LogP contribution in [-0.4, -0.2) is 66.0 Å². The lowest BCUT2D eigenvalue weighted by Gasteiger charge is -2.33. The van der Waals surface area contributed by atoms with Crippen molar-refractivity contribution in [2.75, 3.05) is 19.7 Å². The first-order valence-corrected chi connectivity index (χ1v) is 11.9. The summed E-state index contributed by atoms with van der Waals surface area (Å²) in [7, 11) is 0. The zero-order chi connectivity index (χ0) is 28.2. The van der Waals surface area contributed by atoms with Gasteiger partial charge in [0, 0.05) is 18.7 Å². The number of carbonyl (C=O) groups is 5. The van der Waals surface area contributed by atoms with Gasteiger partial charge < -0.3 is 30.7 Å². The molecule has 1 aromatic carbocycles. The molecule has 11 nitrogen and oxygen atoms in total. The topological polar surface area (TPSA) is 157 Å². The molecule has 2 atom stereocenters. The van der Waals surface area contributed by atoms with Crippen molar-refractivity contribution in [1.82, 2.24) is 15.5 Å². The van der Waals surface area contributed by atoms with Gasteiger partial charge in [0.2, 0.25) is 17.7 Å². The number of nitrogens with two attached hydrogens (primary N) is 1. The molecule has 202 valence electrons. The SMILES string of the molecule is C#Cc1ccc(C(C(=O)NCCC(=O)OCC)N(CC)C(=O)C(CC(N)=O)NC(=O)OC(C)(C)C)cc1. The van der Waals surface area contributed by atoms with Gasteiger partial charge in [0.05, 0.1) is 19.4 Å². The van der Waals surface area contributed by atoms with Crippen LogP contribution in [0.25, 0.3) is 0 Å². The summed E-state index contributed by atoms with van der Waals surface area (Å²) in [6.07, 6.45) is 3.94. The Morgan fingerprint density at radius 1 is 1.11 bits per heavy atom. The third kappa shape index (κ3) is 10.6. The molecule has 0 aromatic heterocycles. The number of alkyl carbamates (subject to hydrolysis) is 1. The molecule has 37 heavy (non-hydrogen) atoms. The van der Waals surface area contributed by atoms with E-state index in [4.69, 9.17) is 21.6 Å². The van der Waals surface area contributed by atoms with Gasteiger partial charge in [0.1, 0.15) is 17.7 Å². The van der Waals surface area contributed by atoms with Crippen LogP contribution in [0.2, 0.25) is 0 Å². The van der Waals surface area contributed by atoms with Crippen LogP contribution in [0.1, 0.15) is 64.6 Å². The van der Waals surface area contributed by atoms with E-state index >= 15 is 0 Å². The lowest BCUT2D eigenvalue weighted by molar-refractivity contribution is -0.144. The largest absolute Gasteiger partial charge is 0.466 e. The standard InChI is InChI=1S/C26H36N4O7/c1-7-17-10-12-18(13-11-17)22(23(33)28-15-14-21(32)36-9-3)30(8-2)24(34)19(16-20(27)31)29-25(35)37-26(4,5)6/h1,10-13,19,22H,8-9,14-16H2,2-6H3,(H2,27,31)(H,28,33)(H,29,35). The van der Waals surface area contributed by atoms with E-state index in [-0.39, 0.29) is 26.1 Å². The van der Waals surface area contributed by atoms with E-state index < -0.39 is 53.9 Å². The first-order chi connectivity index (χ1) is 17.3. The molecule has 11 heteroatoms. The van der Waals surface area contributed by atoms with Crippen LogP contribution < -0.4 is 16.4 Å². The number of esters is 1. The zero-order valence-electron chi connectivity index (χ0n) is 22.0. The van der Waals surface area contributed by atoms with E-state index in [1.807, 2.05) is 0 Å². The number of likely N-dealkylation sites (N-methyl/N-ethyl adjacent to an activating group) is 1. The van der Waals surface area contributed by atoms with Crippen LogP contribution in [0.5, 0.6) is 0 Å². The molecule has 2 unspecified atom stereocenters. The van der Waals surface area contributed by atoms with Crippen LogP contribution in [-0.2, 0) is 28.7 Å². The minimum atomic E-state index is -1.38. The average Bonchev–Trinajstić information content (AvgIpc) is 2.80. The Kier molecular flexibility index (Phi) is 12.1. The molecule has 0 heterocycles. The molecule has 1 rings (SSSR count).